The third kappa shape index (κ3) is 2.58. The second-order valence-corrected chi connectivity index (χ2v) is 3.38. The van der Waals surface area contributed by atoms with E-state index in [0.29, 0.717) is 5.15 Å². The number of aromatic nitrogens is 2. The molecule has 3 nitrogen and oxygen atoms in total. The van der Waals surface area contributed by atoms with Crippen LogP contribution in [0.4, 0.5) is 5.82 Å². The van der Waals surface area contributed by atoms with Gasteiger partial charge < -0.3 is 4.90 Å². The first-order chi connectivity index (χ1) is 6.71. The van der Waals surface area contributed by atoms with Crippen molar-refractivity contribution in [1.29, 1.82) is 0 Å². The first-order valence-electron chi connectivity index (χ1n) is 4.99. The van der Waals surface area contributed by atoms with Crippen molar-refractivity contribution in [2.24, 2.45) is 0 Å². The highest BCUT2D eigenvalue weighted by Gasteiger charge is 2.06. The van der Waals surface area contributed by atoms with E-state index in [1.165, 1.54) is 0 Å². The van der Waals surface area contributed by atoms with Crippen molar-refractivity contribution in [1.82, 2.24) is 9.97 Å². The lowest BCUT2D eigenvalue weighted by molar-refractivity contribution is 0.823. The van der Waals surface area contributed by atoms with Crippen LogP contribution in [0.3, 0.4) is 0 Å². The maximum atomic E-state index is 5.91. The van der Waals surface area contributed by atoms with Gasteiger partial charge in [-0.05, 0) is 13.8 Å². The van der Waals surface area contributed by atoms with Gasteiger partial charge in [-0.3, -0.25) is 0 Å². The van der Waals surface area contributed by atoms with Crippen molar-refractivity contribution in [3.63, 3.8) is 0 Å². The fourth-order valence-electron chi connectivity index (χ4n) is 1.32. The summed E-state index contributed by atoms with van der Waals surface area (Å²) in [6.07, 6.45) is 0.814. The quantitative estimate of drug-likeness (QED) is 0.720. The molecule has 1 aromatic rings. The number of anilines is 1. The molecular formula is C10H16ClN3. The van der Waals surface area contributed by atoms with Gasteiger partial charge >= 0.3 is 0 Å². The topological polar surface area (TPSA) is 29.0 Å². The fourth-order valence-corrected chi connectivity index (χ4v) is 1.51. The Morgan fingerprint density at radius 3 is 2.36 bits per heavy atom. The van der Waals surface area contributed by atoms with E-state index in [0.717, 1.165) is 31.2 Å². The van der Waals surface area contributed by atoms with Gasteiger partial charge in [-0.25, -0.2) is 9.97 Å². The maximum absolute atomic E-state index is 5.91. The molecule has 0 saturated carbocycles. The third-order valence-electron chi connectivity index (χ3n) is 2.13. The Morgan fingerprint density at radius 2 is 1.86 bits per heavy atom. The van der Waals surface area contributed by atoms with E-state index in [4.69, 9.17) is 11.6 Å². The zero-order valence-electron chi connectivity index (χ0n) is 8.92. The van der Waals surface area contributed by atoms with Gasteiger partial charge in [-0.1, -0.05) is 18.5 Å². The SMILES string of the molecule is CCc1nc(Cl)cc(N(CC)CC)n1. The number of aryl methyl sites for hydroxylation is 1. The molecule has 1 rings (SSSR count). The highest BCUT2D eigenvalue weighted by atomic mass is 35.5. The molecule has 0 amide bonds. The Bertz CT molecular complexity index is 297. The summed E-state index contributed by atoms with van der Waals surface area (Å²) in [6.45, 7) is 8.11. The Balaban J connectivity index is 3.01. The monoisotopic (exact) mass is 213 g/mol. The molecule has 0 atom stereocenters. The first-order valence-corrected chi connectivity index (χ1v) is 5.37. The summed E-state index contributed by atoms with van der Waals surface area (Å²) >= 11 is 5.91. The molecule has 0 bridgehead atoms. The lowest BCUT2D eigenvalue weighted by Gasteiger charge is -2.20. The largest absolute Gasteiger partial charge is 0.357 e. The number of nitrogens with zero attached hydrogens (tertiary/aromatic N) is 3. The third-order valence-corrected chi connectivity index (χ3v) is 2.32. The smallest absolute Gasteiger partial charge is 0.134 e. The molecule has 1 aromatic heterocycles. The lowest BCUT2D eigenvalue weighted by Crippen LogP contribution is -2.23. The van der Waals surface area contributed by atoms with Crippen molar-refractivity contribution in [2.75, 3.05) is 18.0 Å². The minimum absolute atomic E-state index is 0.527. The molecule has 0 aromatic carbocycles. The summed E-state index contributed by atoms with van der Waals surface area (Å²) in [5, 5.41) is 0.527. The van der Waals surface area contributed by atoms with Gasteiger partial charge in [0.15, 0.2) is 0 Å². The molecule has 0 aliphatic carbocycles. The highest BCUT2D eigenvalue weighted by molar-refractivity contribution is 6.29. The van der Waals surface area contributed by atoms with E-state index in [1.54, 1.807) is 0 Å². The molecule has 78 valence electrons. The molecule has 14 heavy (non-hydrogen) atoms. The normalized spacial score (nSPS) is 10.3. The molecule has 0 saturated heterocycles. The van der Waals surface area contributed by atoms with Crippen LogP contribution in [-0.4, -0.2) is 23.1 Å². The fraction of sp³-hybridized carbons (Fsp3) is 0.600. The molecule has 0 aliphatic heterocycles. The molecule has 0 unspecified atom stereocenters. The summed E-state index contributed by atoms with van der Waals surface area (Å²) in [5.74, 6) is 1.73. The van der Waals surface area contributed by atoms with Gasteiger partial charge in [0.1, 0.15) is 16.8 Å². The molecule has 0 radical (unpaired) electrons. The molecule has 0 spiro atoms. The number of hydrogen-bond acceptors (Lipinski definition) is 3. The van der Waals surface area contributed by atoms with Crippen LogP contribution in [0.2, 0.25) is 5.15 Å². The van der Waals surface area contributed by atoms with Crippen molar-refractivity contribution in [2.45, 2.75) is 27.2 Å². The van der Waals surface area contributed by atoms with Crippen molar-refractivity contribution in [3.05, 3.63) is 17.0 Å². The van der Waals surface area contributed by atoms with Crippen LogP contribution in [-0.2, 0) is 6.42 Å². The minimum Gasteiger partial charge on any atom is -0.357 e. The maximum Gasteiger partial charge on any atom is 0.134 e. The van der Waals surface area contributed by atoms with E-state index < -0.39 is 0 Å². The van der Waals surface area contributed by atoms with Crippen LogP contribution in [0.1, 0.15) is 26.6 Å². The Labute approximate surface area is 90.1 Å². The van der Waals surface area contributed by atoms with Gasteiger partial charge in [0.2, 0.25) is 0 Å². The van der Waals surface area contributed by atoms with Crippen LogP contribution >= 0.6 is 11.6 Å². The Morgan fingerprint density at radius 1 is 1.21 bits per heavy atom. The van der Waals surface area contributed by atoms with Gasteiger partial charge in [-0.2, -0.15) is 0 Å². The van der Waals surface area contributed by atoms with Crippen LogP contribution in [0, 0.1) is 0 Å². The molecule has 4 heteroatoms. The van der Waals surface area contributed by atoms with Crippen molar-refractivity contribution < 1.29 is 0 Å². The van der Waals surface area contributed by atoms with Crippen LogP contribution in [0.5, 0.6) is 0 Å². The zero-order valence-corrected chi connectivity index (χ0v) is 9.67. The second-order valence-electron chi connectivity index (χ2n) is 2.99. The Kier molecular flexibility index (Phi) is 4.14. The van der Waals surface area contributed by atoms with Gasteiger partial charge in [-0.15, -0.1) is 0 Å². The van der Waals surface area contributed by atoms with Crippen LogP contribution in [0.25, 0.3) is 0 Å². The molecule has 0 N–H and O–H groups in total. The van der Waals surface area contributed by atoms with E-state index in [2.05, 4.69) is 28.7 Å². The average molecular weight is 214 g/mol. The van der Waals surface area contributed by atoms with Crippen LogP contribution in [0.15, 0.2) is 6.07 Å². The number of hydrogen-bond donors (Lipinski definition) is 0. The van der Waals surface area contributed by atoms with E-state index in [9.17, 15) is 0 Å². The molecule has 1 heterocycles. The van der Waals surface area contributed by atoms with Crippen molar-refractivity contribution >= 4 is 17.4 Å². The van der Waals surface area contributed by atoms with Crippen molar-refractivity contribution in [3.8, 4) is 0 Å². The zero-order chi connectivity index (χ0) is 10.6. The molecule has 0 aliphatic rings. The predicted octanol–water partition coefficient (Wildman–Crippen LogP) is 2.54. The summed E-state index contributed by atoms with van der Waals surface area (Å²) < 4.78 is 0. The van der Waals surface area contributed by atoms with E-state index in [-0.39, 0.29) is 0 Å². The predicted molar refractivity (Wildman–Crippen MR) is 60.0 cm³/mol. The second kappa shape index (κ2) is 5.15. The summed E-state index contributed by atoms with van der Waals surface area (Å²) in [5.41, 5.74) is 0. The summed E-state index contributed by atoms with van der Waals surface area (Å²) in [7, 11) is 0. The van der Waals surface area contributed by atoms with Gasteiger partial charge in [0, 0.05) is 25.6 Å². The Hall–Kier alpha value is -0.830. The first kappa shape index (κ1) is 11.2. The summed E-state index contributed by atoms with van der Waals surface area (Å²) in [6, 6.07) is 1.81. The average Bonchev–Trinajstić information content (AvgIpc) is 2.19. The number of halogens is 1. The van der Waals surface area contributed by atoms with E-state index in [1.807, 2.05) is 13.0 Å². The molecule has 0 fully saturated rings. The highest BCUT2D eigenvalue weighted by Crippen LogP contribution is 2.15. The van der Waals surface area contributed by atoms with Gasteiger partial charge in [0.05, 0.1) is 0 Å². The minimum atomic E-state index is 0.527. The van der Waals surface area contributed by atoms with Crippen LogP contribution < -0.4 is 4.90 Å². The lowest BCUT2D eigenvalue weighted by atomic mass is 10.4. The van der Waals surface area contributed by atoms with Gasteiger partial charge in [0.25, 0.3) is 0 Å². The standard InChI is InChI=1S/C10H16ClN3/c1-4-9-12-8(11)7-10(13-9)14(5-2)6-3/h7H,4-6H2,1-3H3. The number of rotatable bonds is 4. The summed E-state index contributed by atoms with van der Waals surface area (Å²) in [4.78, 5) is 10.7. The molecular weight excluding hydrogens is 198 g/mol. The van der Waals surface area contributed by atoms with E-state index >= 15 is 0 Å².